The lowest BCUT2D eigenvalue weighted by Gasteiger charge is -2.53. The molecule has 1 heterocycles. The van der Waals surface area contributed by atoms with Crippen LogP contribution in [0.25, 0.3) is 4.85 Å². The summed E-state index contributed by atoms with van der Waals surface area (Å²) in [6.45, 7) is 14.4. The third-order valence-electron chi connectivity index (χ3n) is 4.91. The maximum absolute atomic E-state index is 12.4. The van der Waals surface area contributed by atoms with Gasteiger partial charge in [-0.2, -0.15) is 0 Å². The zero-order chi connectivity index (χ0) is 15.8. The van der Waals surface area contributed by atoms with E-state index in [0.29, 0.717) is 13.1 Å². The third-order valence-corrected chi connectivity index (χ3v) is 4.91. The number of allylic oxidation sites excluding steroid dienone is 1. The van der Waals surface area contributed by atoms with Crippen molar-refractivity contribution in [2.45, 2.75) is 27.2 Å². The summed E-state index contributed by atoms with van der Waals surface area (Å²) in [7, 11) is 1.51. The SMILES string of the molecule is [C-]#[N+]C1=C[C@]2(C)CN(C(=O)COC)CC[C@H]2C(C)(C)C1=O. The quantitative estimate of drug-likeness (QED) is 0.730. The van der Waals surface area contributed by atoms with Gasteiger partial charge in [-0.05, 0) is 17.8 Å². The molecule has 1 aliphatic carbocycles. The lowest BCUT2D eigenvalue weighted by molar-refractivity contribution is -0.143. The molecule has 2 atom stereocenters. The van der Waals surface area contributed by atoms with E-state index in [1.165, 1.54) is 7.11 Å². The Labute approximate surface area is 125 Å². The van der Waals surface area contributed by atoms with E-state index >= 15 is 0 Å². The van der Waals surface area contributed by atoms with E-state index in [4.69, 9.17) is 11.3 Å². The van der Waals surface area contributed by atoms with Gasteiger partial charge >= 0.3 is 0 Å². The van der Waals surface area contributed by atoms with Crippen molar-refractivity contribution in [3.8, 4) is 0 Å². The minimum absolute atomic E-state index is 0.0374. The second kappa shape index (κ2) is 5.27. The highest BCUT2D eigenvalue weighted by atomic mass is 16.5. The summed E-state index contributed by atoms with van der Waals surface area (Å²) < 4.78 is 4.92. The van der Waals surface area contributed by atoms with Gasteiger partial charge in [-0.3, -0.25) is 4.79 Å². The van der Waals surface area contributed by atoms with Gasteiger partial charge in [0.1, 0.15) is 6.61 Å². The largest absolute Gasteiger partial charge is 0.375 e. The highest BCUT2D eigenvalue weighted by Crippen LogP contribution is 2.52. The fraction of sp³-hybridized carbons (Fsp3) is 0.688. The molecule has 2 rings (SSSR count). The summed E-state index contributed by atoms with van der Waals surface area (Å²) in [5.41, 5.74) is -0.682. The molecule has 0 saturated carbocycles. The summed E-state index contributed by atoms with van der Waals surface area (Å²) in [4.78, 5) is 29.6. The van der Waals surface area contributed by atoms with Crippen LogP contribution in [-0.2, 0) is 14.3 Å². The molecule has 0 radical (unpaired) electrons. The summed E-state index contributed by atoms with van der Waals surface area (Å²) in [6, 6.07) is 0. The number of rotatable bonds is 2. The minimum Gasteiger partial charge on any atom is -0.375 e. The van der Waals surface area contributed by atoms with Crippen molar-refractivity contribution in [1.82, 2.24) is 4.90 Å². The van der Waals surface area contributed by atoms with Gasteiger partial charge in [0, 0.05) is 25.6 Å². The fourth-order valence-corrected chi connectivity index (χ4v) is 3.92. The van der Waals surface area contributed by atoms with Gasteiger partial charge in [0.2, 0.25) is 11.6 Å². The second-order valence-corrected chi connectivity index (χ2v) is 6.79. The zero-order valence-corrected chi connectivity index (χ0v) is 13.1. The molecule has 2 aliphatic rings. The van der Waals surface area contributed by atoms with Crippen molar-refractivity contribution in [3.05, 3.63) is 23.2 Å². The molecule has 0 aromatic heterocycles. The Morgan fingerprint density at radius 2 is 2.19 bits per heavy atom. The Bertz CT molecular complexity index is 544. The lowest BCUT2D eigenvalue weighted by atomic mass is 9.55. The first-order valence-corrected chi connectivity index (χ1v) is 7.18. The van der Waals surface area contributed by atoms with Gasteiger partial charge in [0.15, 0.2) is 5.78 Å². The van der Waals surface area contributed by atoms with Crippen molar-refractivity contribution in [3.63, 3.8) is 0 Å². The lowest BCUT2D eigenvalue weighted by Crippen LogP contribution is -2.57. The molecular weight excluding hydrogens is 268 g/mol. The average molecular weight is 290 g/mol. The van der Waals surface area contributed by atoms with Gasteiger partial charge in [-0.25, -0.2) is 4.85 Å². The predicted octanol–water partition coefficient (Wildman–Crippen LogP) is 1.90. The van der Waals surface area contributed by atoms with Crippen LogP contribution in [0.5, 0.6) is 0 Å². The molecule has 5 nitrogen and oxygen atoms in total. The van der Waals surface area contributed by atoms with E-state index in [2.05, 4.69) is 4.85 Å². The molecule has 1 aliphatic heterocycles. The number of Topliss-reactive ketones (excluding diaryl/α,β-unsaturated/α-hetero) is 1. The van der Waals surface area contributed by atoms with E-state index in [0.717, 1.165) is 6.42 Å². The smallest absolute Gasteiger partial charge is 0.248 e. The van der Waals surface area contributed by atoms with Crippen LogP contribution >= 0.6 is 0 Å². The van der Waals surface area contributed by atoms with Crippen LogP contribution in [0, 0.1) is 23.3 Å². The number of hydrogen-bond acceptors (Lipinski definition) is 3. The summed E-state index contributed by atoms with van der Waals surface area (Å²) >= 11 is 0. The predicted molar refractivity (Wildman–Crippen MR) is 78.1 cm³/mol. The van der Waals surface area contributed by atoms with Crippen LogP contribution in [0.4, 0.5) is 0 Å². The Morgan fingerprint density at radius 3 is 2.76 bits per heavy atom. The van der Waals surface area contributed by atoms with Crippen molar-refractivity contribution in [2.24, 2.45) is 16.7 Å². The van der Waals surface area contributed by atoms with Crippen molar-refractivity contribution in [1.29, 1.82) is 0 Å². The first kappa shape index (κ1) is 15.7. The number of amides is 1. The maximum atomic E-state index is 12.4. The molecule has 0 unspecified atom stereocenters. The fourth-order valence-electron chi connectivity index (χ4n) is 3.92. The molecule has 0 spiro atoms. The maximum Gasteiger partial charge on any atom is 0.248 e. The molecule has 21 heavy (non-hydrogen) atoms. The van der Waals surface area contributed by atoms with Gasteiger partial charge in [0.25, 0.3) is 0 Å². The minimum atomic E-state index is -0.556. The van der Waals surface area contributed by atoms with Gasteiger partial charge in [-0.15, -0.1) is 0 Å². The molecule has 5 heteroatoms. The number of piperidine rings is 1. The van der Waals surface area contributed by atoms with E-state index in [1.54, 1.807) is 11.0 Å². The second-order valence-electron chi connectivity index (χ2n) is 6.79. The summed E-state index contributed by atoms with van der Waals surface area (Å²) in [6.07, 6.45) is 2.55. The van der Waals surface area contributed by atoms with Crippen molar-refractivity contribution >= 4 is 11.7 Å². The Morgan fingerprint density at radius 1 is 1.52 bits per heavy atom. The van der Waals surface area contributed by atoms with E-state index in [-0.39, 0.29) is 35.3 Å². The molecule has 0 bridgehead atoms. The number of methoxy groups -OCH3 is 1. The number of ether oxygens (including phenoxy) is 1. The molecule has 0 N–H and O–H groups in total. The van der Waals surface area contributed by atoms with Gasteiger partial charge < -0.3 is 14.4 Å². The number of hydrogen-bond donors (Lipinski definition) is 0. The standard InChI is InChI=1S/C16H22N2O3/c1-15(2)12-6-7-18(13(19)9-21-5)10-16(12,3)8-11(17-4)14(15)20/h8,12H,6-7,9-10H2,1-3,5H3/t12-,16+/m0/s1. The van der Waals surface area contributed by atoms with Crippen LogP contribution in [0.2, 0.25) is 0 Å². The van der Waals surface area contributed by atoms with Crippen LogP contribution in [0.15, 0.2) is 11.8 Å². The molecule has 1 saturated heterocycles. The first-order chi connectivity index (χ1) is 9.76. The van der Waals surface area contributed by atoms with Crippen molar-refractivity contribution in [2.75, 3.05) is 26.8 Å². The van der Waals surface area contributed by atoms with Crippen LogP contribution in [0.1, 0.15) is 27.2 Å². The normalized spacial score (nSPS) is 31.2. The molecular formula is C16H22N2O3. The number of ketones is 1. The Balaban J connectivity index is 2.36. The number of likely N-dealkylation sites (tertiary alicyclic amines) is 1. The summed E-state index contributed by atoms with van der Waals surface area (Å²) in [5.74, 6) is 0.0379. The molecule has 0 aromatic rings. The topological polar surface area (TPSA) is 51.0 Å². The zero-order valence-electron chi connectivity index (χ0n) is 13.1. The van der Waals surface area contributed by atoms with Gasteiger partial charge in [-0.1, -0.05) is 26.8 Å². The van der Waals surface area contributed by atoms with Crippen molar-refractivity contribution < 1.29 is 14.3 Å². The first-order valence-electron chi connectivity index (χ1n) is 7.18. The monoisotopic (exact) mass is 290 g/mol. The van der Waals surface area contributed by atoms with Gasteiger partial charge in [0.05, 0.1) is 6.57 Å². The highest BCUT2D eigenvalue weighted by Gasteiger charge is 2.53. The van der Waals surface area contributed by atoms with E-state index in [1.807, 2.05) is 20.8 Å². The number of carbonyl (C=O) groups is 2. The third kappa shape index (κ3) is 2.49. The molecule has 114 valence electrons. The van der Waals surface area contributed by atoms with Crippen LogP contribution in [0.3, 0.4) is 0 Å². The summed E-state index contributed by atoms with van der Waals surface area (Å²) in [5, 5.41) is 0. The van der Waals surface area contributed by atoms with E-state index < -0.39 is 5.41 Å². The Kier molecular flexibility index (Phi) is 3.94. The average Bonchev–Trinajstić information content (AvgIpc) is 2.42. The molecule has 1 amide bonds. The molecule has 1 fully saturated rings. The highest BCUT2D eigenvalue weighted by molar-refractivity contribution is 6.02. The Hall–Kier alpha value is -1.67. The number of carbonyl (C=O) groups excluding carboxylic acids is 2. The van der Waals surface area contributed by atoms with E-state index in [9.17, 15) is 9.59 Å². The van der Waals surface area contributed by atoms with Crippen LogP contribution < -0.4 is 0 Å². The molecule has 0 aromatic carbocycles. The number of nitrogens with zero attached hydrogens (tertiary/aromatic N) is 2. The number of fused-ring (bicyclic) bond motifs is 1. The van der Waals surface area contributed by atoms with Crippen LogP contribution in [-0.4, -0.2) is 43.4 Å².